The first-order valence-corrected chi connectivity index (χ1v) is 8.85. The second-order valence-corrected chi connectivity index (χ2v) is 6.79. The average Bonchev–Trinajstić information content (AvgIpc) is 3.12. The molecule has 7 heteroatoms. The molecule has 0 saturated carbocycles. The number of carbonyl (C=O) groups is 1. The van der Waals surface area contributed by atoms with E-state index < -0.39 is 0 Å². The van der Waals surface area contributed by atoms with Crippen molar-refractivity contribution in [2.75, 3.05) is 44.7 Å². The van der Waals surface area contributed by atoms with Crippen LogP contribution in [-0.4, -0.2) is 60.5 Å². The maximum absolute atomic E-state index is 13.7. The Morgan fingerprint density at radius 1 is 1.29 bits per heavy atom. The summed E-state index contributed by atoms with van der Waals surface area (Å²) in [7, 11) is 1.72. The predicted octanol–water partition coefficient (Wildman–Crippen LogP) is 2.06. The quantitative estimate of drug-likeness (QED) is 0.829. The van der Waals surface area contributed by atoms with E-state index in [0.717, 1.165) is 31.3 Å². The van der Waals surface area contributed by atoms with Gasteiger partial charge in [-0.05, 0) is 6.07 Å². The molecule has 0 aliphatic carbocycles. The van der Waals surface area contributed by atoms with Crippen LogP contribution < -0.4 is 4.90 Å². The summed E-state index contributed by atoms with van der Waals surface area (Å²) in [4.78, 5) is 22.7. The number of hydrogen-bond acceptors (Lipinski definition) is 5. The number of nitrogens with zero attached hydrogens (tertiary/aromatic N) is 4. The number of likely N-dealkylation sites (N-methyl/N-ethyl adjacent to an activating group) is 1. The van der Waals surface area contributed by atoms with E-state index in [1.54, 1.807) is 41.5 Å². The molecule has 0 N–H and O–H groups in total. The zero-order valence-electron chi connectivity index (χ0n) is 13.7. The minimum Gasteiger partial charge on any atom is -0.346 e. The molecule has 1 fully saturated rings. The second kappa shape index (κ2) is 7.72. The lowest BCUT2D eigenvalue weighted by atomic mass is 10.2. The molecule has 1 aromatic carbocycles. The third-order valence-corrected chi connectivity index (χ3v) is 5.04. The largest absolute Gasteiger partial charge is 0.346 e. The standard InChI is InChI=1S/C17H21FN4OS/c1-20(12-14-4-2-3-5-15(14)18)16(23)13-21-7-9-22(10-8-21)17-19-6-11-24-17/h2-6,11H,7-10,12-13H2,1H3. The van der Waals surface area contributed by atoms with Crippen molar-refractivity contribution in [3.05, 3.63) is 47.2 Å². The monoisotopic (exact) mass is 348 g/mol. The third-order valence-electron chi connectivity index (χ3n) is 4.21. The van der Waals surface area contributed by atoms with Crippen LogP contribution in [0.5, 0.6) is 0 Å². The van der Waals surface area contributed by atoms with Crippen molar-refractivity contribution in [2.45, 2.75) is 6.54 Å². The number of halogens is 1. The third kappa shape index (κ3) is 4.10. The Balaban J connectivity index is 1.48. The molecule has 2 aromatic rings. The van der Waals surface area contributed by atoms with E-state index in [2.05, 4.69) is 14.8 Å². The van der Waals surface area contributed by atoms with E-state index >= 15 is 0 Å². The zero-order chi connectivity index (χ0) is 16.9. The van der Waals surface area contributed by atoms with Gasteiger partial charge in [0, 0.05) is 56.9 Å². The van der Waals surface area contributed by atoms with Gasteiger partial charge in [-0.1, -0.05) is 18.2 Å². The molecule has 1 aliphatic heterocycles. The lowest BCUT2D eigenvalue weighted by Crippen LogP contribution is -2.49. The number of rotatable bonds is 5. The number of benzene rings is 1. The topological polar surface area (TPSA) is 39.7 Å². The molecule has 1 aliphatic rings. The first-order valence-electron chi connectivity index (χ1n) is 7.97. The molecule has 0 spiro atoms. The normalized spacial score (nSPS) is 15.5. The Hall–Kier alpha value is -1.99. The van der Waals surface area contributed by atoms with Gasteiger partial charge in [0.1, 0.15) is 5.82 Å². The molecule has 0 bridgehead atoms. The van der Waals surface area contributed by atoms with Crippen molar-refractivity contribution in [1.82, 2.24) is 14.8 Å². The van der Waals surface area contributed by atoms with Gasteiger partial charge in [-0.25, -0.2) is 9.37 Å². The van der Waals surface area contributed by atoms with Gasteiger partial charge in [0.25, 0.3) is 0 Å². The highest BCUT2D eigenvalue weighted by Crippen LogP contribution is 2.18. The van der Waals surface area contributed by atoms with Gasteiger partial charge in [-0.3, -0.25) is 9.69 Å². The van der Waals surface area contributed by atoms with Crippen LogP contribution in [0.3, 0.4) is 0 Å². The summed E-state index contributed by atoms with van der Waals surface area (Å²) in [6, 6.07) is 6.58. The Morgan fingerprint density at radius 3 is 2.71 bits per heavy atom. The van der Waals surface area contributed by atoms with Crippen LogP contribution in [0.1, 0.15) is 5.56 Å². The van der Waals surface area contributed by atoms with Gasteiger partial charge in [-0.2, -0.15) is 0 Å². The lowest BCUT2D eigenvalue weighted by Gasteiger charge is -2.34. The second-order valence-electron chi connectivity index (χ2n) is 5.92. The first-order chi connectivity index (χ1) is 11.6. The van der Waals surface area contributed by atoms with Gasteiger partial charge in [-0.15, -0.1) is 11.3 Å². The number of thiazole rings is 1. The smallest absolute Gasteiger partial charge is 0.236 e. The summed E-state index contributed by atoms with van der Waals surface area (Å²) in [5, 5.41) is 3.01. The number of carbonyl (C=O) groups excluding carboxylic acids is 1. The molecule has 2 heterocycles. The van der Waals surface area contributed by atoms with Crippen molar-refractivity contribution < 1.29 is 9.18 Å². The Labute approximate surface area is 145 Å². The summed E-state index contributed by atoms with van der Waals surface area (Å²) in [6.07, 6.45) is 1.81. The van der Waals surface area contributed by atoms with Crippen LogP contribution in [0.4, 0.5) is 9.52 Å². The van der Waals surface area contributed by atoms with Gasteiger partial charge in [0.05, 0.1) is 6.54 Å². The van der Waals surface area contributed by atoms with E-state index in [1.807, 2.05) is 11.6 Å². The minimum absolute atomic E-state index is 0.0148. The fourth-order valence-corrected chi connectivity index (χ4v) is 3.45. The zero-order valence-corrected chi connectivity index (χ0v) is 14.5. The predicted molar refractivity (Wildman–Crippen MR) is 93.6 cm³/mol. The number of anilines is 1. The van der Waals surface area contributed by atoms with Crippen molar-refractivity contribution >= 4 is 22.4 Å². The van der Waals surface area contributed by atoms with Gasteiger partial charge in [0.2, 0.25) is 5.91 Å². The highest BCUT2D eigenvalue weighted by atomic mass is 32.1. The molecule has 1 aromatic heterocycles. The van der Waals surface area contributed by atoms with Crippen LogP contribution in [0.15, 0.2) is 35.8 Å². The molecular formula is C17H21FN4OS. The highest BCUT2D eigenvalue weighted by Gasteiger charge is 2.22. The maximum atomic E-state index is 13.7. The van der Waals surface area contributed by atoms with Crippen molar-refractivity contribution in [3.63, 3.8) is 0 Å². The number of aromatic nitrogens is 1. The molecule has 0 unspecified atom stereocenters. The molecular weight excluding hydrogens is 327 g/mol. The van der Waals surface area contributed by atoms with Gasteiger partial charge in [0.15, 0.2) is 5.13 Å². The lowest BCUT2D eigenvalue weighted by molar-refractivity contribution is -0.131. The first kappa shape index (κ1) is 16.9. The number of piperazine rings is 1. The Kier molecular flexibility index (Phi) is 5.42. The maximum Gasteiger partial charge on any atom is 0.236 e. The summed E-state index contributed by atoms with van der Waals surface area (Å²) < 4.78 is 13.7. The van der Waals surface area contributed by atoms with Crippen LogP contribution in [0.25, 0.3) is 0 Å². The van der Waals surface area contributed by atoms with Crippen LogP contribution in [0.2, 0.25) is 0 Å². The minimum atomic E-state index is -0.269. The van der Waals surface area contributed by atoms with Crippen molar-refractivity contribution in [1.29, 1.82) is 0 Å². The van der Waals surface area contributed by atoms with E-state index in [1.165, 1.54) is 6.07 Å². The summed E-state index contributed by atoms with van der Waals surface area (Å²) >= 11 is 1.64. The molecule has 1 saturated heterocycles. The molecule has 0 atom stereocenters. The highest BCUT2D eigenvalue weighted by molar-refractivity contribution is 7.13. The van der Waals surface area contributed by atoms with Crippen molar-refractivity contribution in [2.24, 2.45) is 0 Å². The fourth-order valence-electron chi connectivity index (χ4n) is 2.75. The van der Waals surface area contributed by atoms with Crippen molar-refractivity contribution in [3.8, 4) is 0 Å². The molecule has 0 radical (unpaired) electrons. The molecule has 1 amide bonds. The summed E-state index contributed by atoms with van der Waals surface area (Å²) in [5.41, 5.74) is 0.543. The molecule has 24 heavy (non-hydrogen) atoms. The summed E-state index contributed by atoms with van der Waals surface area (Å²) in [6.45, 7) is 4.08. The van der Waals surface area contributed by atoms with Crippen LogP contribution in [0, 0.1) is 5.82 Å². The average molecular weight is 348 g/mol. The SMILES string of the molecule is CN(Cc1ccccc1F)C(=O)CN1CCN(c2nccs2)CC1. The summed E-state index contributed by atoms with van der Waals surface area (Å²) in [5.74, 6) is -0.254. The van der Waals surface area contributed by atoms with Crippen LogP contribution in [-0.2, 0) is 11.3 Å². The number of hydrogen-bond donors (Lipinski definition) is 0. The Bertz CT molecular complexity index is 671. The van der Waals surface area contributed by atoms with E-state index in [9.17, 15) is 9.18 Å². The van der Waals surface area contributed by atoms with E-state index in [4.69, 9.17) is 0 Å². The molecule has 5 nitrogen and oxygen atoms in total. The number of amides is 1. The van der Waals surface area contributed by atoms with Gasteiger partial charge < -0.3 is 9.80 Å². The van der Waals surface area contributed by atoms with Gasteiger partial charge >= 0.3 is 0 Å². The van der Waals surface area contributed by atoms with Crippen LogP contribution >= 0.6 is 11.3 Å². The Morgan fingerprint density at radius 2 is 2.04 bits per heavy atom. The van der Waals surface area contributed by atoms with E-state index in [0.29, 0.717) is 18.7 Å². The molecule has 3 rings (SSSR count). The fraction of sp³-hybridized carbons (Fsp3) is 0.412. The van der Waals surface area contributed by atoms with E-state index in [-0.39, 0.29) is 11.7 Å². The molecule has 128 valence electrons.